The van der Waals surface area contributed by atoms with E-state index in [0.29, 0.717) is 6.42 Å². The lowest BCUT2D eigenvalue weighted by atomic mass is 9.97. The summed E-state index contributed by atoms with van der Waals surface area (Å²) in [4.78, 5) is 21.7. The Kier molecular flexibility index (Phi) is 7.96. The molecule has 1 unspecified atom stereocenters. The normalized spacial score (nSPS) is 12.4. The molecule has 0 aliphatic rings. The van der Waals surface area contributed by atoms with Gasteiger partial charge in [0.1, 0.15) is 11.7 Å². The number of carboxylic acid groups (broad SMARTS) is 1. The van der Waals surface area contributed by atoms with Crippen LogP contribution in [-0.2, 0) is 9.59 Å². The van der Waals surface area contributed by atoms with Crippen molar-refractivity contribution in [2.24, 2.45) is 5.92 Å². The molecular formula is C12H22O3. The molecule has 1 N–H and O–H groups in total. The minimum absolute atomic E-state index is 0.226. The number of unbranched alkanes of at least 4 members (excludes halogenated alkanes) is 5. The van der Waals surface area contributed by atoms with Gasteiger partial charge in [-0.15, -0.1) is 0 Å². The fourth-order valence-corrected chi connectivity index (χ4v) is 1.63. The molecule has 15 heavy (non-hydrogen) atoms. The first-order valence-corrected chi connectivity index (χ1v) is 5.82. The van der Waals surface area contributed by atoms with Crippen LogP contribution in [0.1, 0.15) is 58.8 Å². The number of Topliss-reactive ketones (excluding diaryl/α,β-unsaturated/α-hetero) is 1. The van der Waals surface area contributed by atoms with Gasteiger partial charge in [0.15, 0.2) is 0 Å². The van der Waals surface area contributed by atoms with Gasteiger partial charge in [0.05, 0.1) is 0 Å². The molecule has 0 fully saturated rings. The largest absolute Gasteiger partial charge is 0.481 e. The van der Waals surface area contributed by atoms with Gasteiger partial charge in [0, 0.05) is 0 Å². The van der Waals surface area contributed by atoms with Gasteiger partial charge in [0.25, 0.3) is 0 Å². The van der Waals surface area contributed by atoms with Gasteiger partial charge in [-0.05, 0) is 13.3 Å². The quantitative estimate of drug-likeness (QED) is 0.474. The van der Waals surface area contributed by atoms with Gasteiger partial charge >= 0.3 is 5.97 Å². The van der Waals surface area contributed by atoms with E-state index in [9.17, 15) is 9.59 Å². The van der Waals surface area contributed by atoms with E-state index in [2.05, 4.69) is 6.92 Å². The van der Waals surface area contributed by atoms with Gasteiger partial charge in [-0.3, -0.25) is 9.59 Å². The maximum absolute atomic E-state index is 11.0. The SMILES string of the molecule is CCCCCCCCC(C(C)=O)C(=O)O. The Hall–Kier alpha value is -0.860. The lowest BCUT2D eigenvalue weighted by molar-refractivity contribution is -0.146. The number of hydrogen-bond acceptors (Lipinski definition) is 2. The molecule has 0 aliphatic heterocycles. The predicted molar refractivity (Wildman–Crippen MR) is 59.8 cm³/mol. The number of carboxylic acids is 1. The van der Waals surface area contributed by atoms with Crippen molar-refractivity contribution in [3.63, 3.8) is 0 Å². The van der Waals surface area contributed by atoms with Crippen molar-refractivity contribution in [2.45, 2.75) is 58.8 Å². The summed E-state index contributed by atoms with van der Waals surface area (Å²) in [6.07, 6.45) is 7.21. The monoisotopic (exact) mass is 214 g/mol. The Bertz CT molecular complexity index is 185. The molecule has 1 atom stereocenters. The molecule has 0 bridgehead atoms. The van der Waals surface area contributed by atoms with Crippen molar-refractivity contribution in [3.05, 3.63) is 0 Å². The van der Waals surface area contributed by atoms with Gasteiger partial charge in [0.2, 0.25) is 0 Å². The summed E-state index contributed by atoms with van der Waals surface area (Å²) >= 11 is 0. The van der Waals surface area contributed by atoms with Gasteiger partial charge in [-0.1, -0.05) is 45.4 Å². The Labute approximate surface area is 91.9 Å². The van der Waals surface area contributed by atoms with Crippen LogP contribution >= 0.6 is 0 Å². The summed E-state index contributed by atoms with van der Waals surface area (Å²) in [7, 11) is 0. The van der Waals surface area contributed by atoms with Crippen LogP contribution in [0.5, 0.6) is 0 Å². The van der Waals surface area contributed by atoms with Crippen LogP contribution in [0.2, 0.25) is 0 Å². The maximum atomic E-state index is 11.0. The highest BCUT2D eigenvalue weighted by atomic mass is 16.4. The molecule has 0 rings (SSSR count). The number of aliphatic carboxylic acids is 1. The highest BCUT2D eigenvalue weighted by molar-refractivity contribution is 5.96. The van der Waals surface area contributed by atoms with Crippen LogP contribution in [0.15, 0.2) is 0 Å². The molecule has 0 aliphatic carbocycles. The average Bonchev–Trinajstić information content (AvgIpc) is 2.15. The number of hydrogen-bond donors (Lipinski definition) is 1. The van der Waals surface area contributed by atoms with Crippen LogP contribution in [0, 0.1) is 5.92 Å². The van der Waals surface area contributed by atoms with Gasteiger partial charge in [-0.2, -0.15) is 0 Å². The molecule has 0 heterocycles. The zero-order chi connectivity index (χ0) is 11.7. The molecule has 0 saturated carbocycles. The first-order valence-electron chi connectivity index (χ1n) is 5.82. The summed E-state index contributed by atoms with van der Waals surface area (Å²) in [5.41, 5.74) is 0. The molecule has 0 aromatic carbocycles. The minimum atomic E-state index is -0.976. The fourth-order valence-electron chi connectivity index (χ4n) is 1.63. The summed E-state index contributed by atoms with van der Waals surface area (Å²) < 4.78 is 0. The molecule has 0 aromatic heterocycles. The molecule has 0 amide bonds. The Morgan fingerprint density at radius 1 is 1.07 bits per heavy atom. The Morgan fingerprint density at radius 2 is 1.60 bits per heavy atom. The highest BCUT2D eigenvalue weighted by Gasteiger charge is 2.21. The molecule has 88 valence electrons. The number of carbonyl (C=O) groups is 2. The van der Waals surface area contributed by atoms with Crippen LogP contribution in [0.3, 0.4) is 0 Å². The van der Waals surface area contributed by atoms with Crippen LogP contribution in [-0.4, -0.2) is 16.9 Å². The van der Waals surface area contributed by atoms with Crippen molar-refractivity contribution >= 4 is 11.8 Å². The molecule has 3 nitrogen and oxygen atoms in total. The van der Waals surface area contributed by atoms with Crippen LogP contribution in [0.25, 0.3) is 0 Å². The van der Waals surface area contributed by atoms with E-state index in [1.165, 1.54) is 26.2 Å². The van der Waals surface area contributed by atoms with Crippen molar-refractivity contribution in [3.8, 4) is 0 Å². The smallest absolute Gasteiger partial charge is 0.314 e. The third-order valence-corrected chi connectivity index (χ3v) is 2.64. The second kappa shape index (κ2) is 8.45. The first-order chi connectivity index (χ1) is 7.09. The fraction of sp³-hybridized carbons (Fsp3) is 0.833. The van der Waals surface area contributed by atoms with E-state index >= 15 is 0 Å². The molecule has 0 spiro atoms. The molecule has 0 aromatic rings. The van der Waals surface area contributed by atoms with E-state index < -0.39 is 11.9 Å². The molecular weight excluding hydrogens is 192 g/mol. The average molecular weight is 214 g/mol. The van der Waals surface area contributed by atoms with Gasteiger partial charge in [-0.25, -0.2) is 0 Å². The van der Waals surface area contributed by atoms with Crippen LogP contribution in [0.4, 0.5) is 0 Å². The standard InChI is InChI=1S/C12H22O3/c1-3-4-5-6-7-8-9-11(10(2)13)12(14)15/h11H,3-9H2,1-2H3,(H,14,15). The Balaban J connectivity index is 3.55. The van der Waals surface area contributed by atoms with Crippen molar-refractivity contribution < 1.29 is 14.7 Å². The minimum Gasteiger partial charge on any atom is -0.481 e. The predicted octanol–water partition coefficient (Wildman–Crippen LogP) is 3.03. The van der Waals surface area contributed by atoms with Crippen molar-refractivity contribution in [2.75, 3.05) is 0 Å². The lowest BCUT2D eigenvalue weighted by Gasteiger charge is -2.07. The lowest BCUT2D eigenvalue weighted by Crippen LogP contribution is -2.21. The maximum Gasteiger partial charge on any atom is 0.314 e. The third kappa shape index (κ3) is 7.11. The summed E-state index contributed by atoms with van der Waals surface area (Å²) in [6.45, 7) is 3.52. The number of carbonyl (C=O) groups excluding carboxylic acids is 1. The van der Waals surface area contributed by atoms with Crippen molar-refractivity contribution in [1.29, 1.82) is 0 Å². The Morgan fingerprint density at radius 3 is 2.07 bits per heavy atom. The van der Waals surface area contributed by atoms with Crippen molar-refractivity contribution in [1.82, 2.24) is 0 Å². The highest BCUT2D eigenvalue weighted by Crippen LogP contribution is 2.13. The summed E-state index contributed by atoms with van der Waals surface area (Å²) in [5.74, 6) is -1.98. The van der Waals surface area contributed by atoms with Crippen LogP contribution < -0.4 is 0 Å². The zero-order valence-corrected chi connectivity index (χ0v) is 9.79. The second-order valence-electron chi connectivity index (χ2n) is 4.06. The van der Waals surface area contributed by atoms with E-state index in [1.807, 2.05) is 0 Å². The van der Waals surface area contributed by atoms with E-state index in [1.54, 1.807) is 0 Å². The van der Waals surface area contributed by atoms with E-state index in [4.69, 9.17) is 5.11 Å². The number of rotatable bonds is 9. The molecule has 3 heteroatoms. The van der Waals surface area contributed by atoms with Gasteiger partial charge < -0.3 is 5.11 Å². The summed E-state index contributed by atoms with van der Waals surface area (Å²) in [5, 5.41) is 8.76. The van der Waals surface area contributed by atoms with E-state index in [0.717, 1.165) is 19.3 Å². The third-order valence-electron chi connectivity index (χ3n) is 2.64. The molecule has 0 saturated heterocycles. The second-order valence-corrected chi connectivity index (χ2v) is 4.06. The zero-order valence-electron chi connectivity index (χ0n) is 9.79. The first kappa shape index (κ1) is 14.1. The topological polar surface area (TPSA) is 54.4 Å². The number of ketones is 1. The van der Waals surface area contributed by atoms with E-state index in [-0.39, 0.29) is 5.78 Å². The molecule has 0 radical (unpaired) electrons. The summed E-state index contributed by atoms with van der Waals surface area (Å²) in [6, 6.07) is 0.